The van der Waals surface area contributed by atoms with E-state index in [0.29, 0.717) is 12.6 Å². The Bertz CT molecular complexity index is 568. The highest BCUT2D eigenvalue weighted by Gasteiger charge is 2.25. The van der Waals surface area contributed by atoms with Crippen LogP contribution in [0.4, 0.5) is 10.6 Å². The number of likely N-dealkylation sites (N-methyl/N-ethyl adjacent to an activating group) is 1. The molecule has 0 aromatic carbocycles. The monoisotopic (exact) mass is 359 g/mol. The molecule has 2 aliphatic rings. The van der Waals surface area contributed by atoms with Gasteiger partial charge in [0, 0.05) is 51.5 Å². The Morgan fingerprint density at radius 2 is 1.96 bits per heavy atom. The molecule has 6 nitrogen and oxygen atoms in total. The minimum absolute atomic E-state index is 0.0660. The lowest BCUT2D eigenvalue weighted by atomic mass is 10.0. The number of carbonyl (C=O) groups excluding carboxylic acids is 1. The zero-order valence-electron chi connectivity index (χ0n) is 16.3. The van der Waals surface area contributed by atoms with Crippen LogP contribution in [-0.4, -0.2) is 66.1 Å². The molecular formula is C20H33N5O. The predicted molar refractivity (Wildman–Crippen MR) is 105 cm³/mol. The highest BCUT2D eigenvalue weighted by molar-refractivity contribution is 5.74. The first-order chi connectivity index (χ1) is 12.7. The number of likely N-dealkylation sites (tertiary alicyclic amines) is 1. The largest absolute Gasteiger partial charge is 0.354 e. The van der Waals surface area contributed by atoms with E-state index in [1.807, 2.05) is 11.1 Å². The molecule has 2 fully saturated rings. The third kappa shape index (κ3) is 4.67. The maximum absolute atomic E-state index is 12.5. The van der Waals surface area contributed by atoms with Gasteiger partial charge in [-0.3, -0.25) is 0 Å². The molecule has 1 atom stereocenters. The van der Waals surface area contributed by atoms with Crippen molar-refractivity contribution in [3.8, 4) is 0 Å². The molecule has 1 N–H and O–H groups in total. The smallest absolute Gasteiger partial charge is 0.317 e. The first kappa shape index (κ1) is 19.0. The third-order valence-corrected chi connectivity index (χ3v) is 5.76. The quantitative estimate of drug-likeness (QED) is 0.878. The van der Waals surface area contributed by atoms with E-state index in [1.54, 1.807) is 0 Å². The Balaban J connectivity index is 1.49. The molecule has 3 rings (SSSR count). The number of nitrogens with one attached hydrogen (secondary N) is 1. The van der Waals surface area contributed by atoms with Gasteiger partial charge in [0.25, 0.3) is 0 Å². The number of carbonyl (C=O) groups is 1. The van der Waals surface area contributed by atoms with Gasteiger partial charge in [0.1, 0.15) is 5.82 Å². The van der Waals surface area contributed by atoms with Gasteiger partial charge >= 0.3 is 6.03 Å². The van der Waals surface area contributed by atoms with Crippen LogP contribution in [0.25, 0.3) is 0 Å². The van der Waals surface area contributed by atoms with E-state index in [4.69, 9.17) is 0 Å². The van der Waals surface area contributed by atoms with E-state index < -0.39 is 0 Å². The topological polar surface area (TPSA) is 51.7 Å². The van der Waals surface area contributed by atoms with Crippen molar-refractivity contribution < 1.29 is 4.79 Å². The van der Waals surface area contributed by atoms with Gasteiger partial charge < -0.3 is 20.0 Å². The van der Waals surface area contributed by atoms with E-state index in [0.717, 1.165) is 69.9 Å². The van der Waals surface area contributed by atoms with Gasteiger partial charge in [-0.25, -0.2) is 9.78 Å². The lowest BCUT2D eigenvalue weighted by molar-refractivity contribution is 0.148. The predicted octanol–water partition coefficient (Wildman–Crippen LogP) is 2.70. The lowest BCUT2D eigenvalue weighted by Crippen LogP contribution is -2.48. The van der Waals surface area contributed by atoms with Crippen LogP contribution in [0, 0.1) is 0 Å². The van der Waals surface area contributed by atoms with Crippen LogP contribution >= 0.6 is 0 Å². The summed E-state index contributed by atoms with van der Waals surface area (Å²) in [6.07, 6.45) is 6.42. The normalized spacial score (nSPS) is 21.7. The average Bonchev–Trinajstić information content (AvgIpc) is 2.72. The number of hydrogen-bond acceptors (Lipinski definition) is 4. The summed E-state index contributed by atoms with van der Waals surface area (Å²) in [6, 6.07) is 4.63. The molecule has 26 heavy (non-hydrogen) atoms. The van der Waals surface area contributed by atoms with Crippen molar-refractivity contribution in [2.45, 2.75) is 52.1 Å². The number of piperazine rings is 1. The molecule has 2 saturated heterocycles. The fourth-order valence-corrected chi connectivity index (χ4v) is 3.97. The minimum Gasteiger partial charge on any atom is -0.354 e. The lowest BCUT2D eigenvalue weighted by Gasteiger charge is -2.35. The summed E-state index contributed by atoms with van der Waals surface area (Å²) in [4.78, 5) is 23.9. The fraction of sp³-hybridized carbons (Fsp3) is 0.700. The molecule has 0 aliphatic carbocycles. The molecule has 2 aliphatic heterocycles. The van der Waals surface area contributed by atoms with Gasteiger partial charge in [-0.05, 0) is 43.9 Å². The highest BCUT2D eigenvalue weighted by atomic mass is 16.2. The molecule has 0 bridgehead atoms. The highest BCUT2D eigenvalue weighted by Crippen LogP contribution is 2.19. The molecule has 0 spiro atoms. The van der Waals surface area contributed by atoms with Crippen LogP contribution in [-0.2, 0) is 6.54 Å². The zero-order chi connectivity index (χ0) is 18.4. The van der Waals surface area contributed by atoms with Crippen LogP contribution in [0.15, 0.2) is 18.3 Å². The van der Waals surface area contributed by atoms with E-state index >= 15 is 0 Å². The van der Waals surface area contributed by atoms with Gasteiger partial charge in [-0.2, -0.15) is 0 Å². The number of amides is 2. The van der Waals surface area contributed by atoms with Crippen molar-refractivity contribution in [2.75, 3.05) is 44.2 Å². The van der Waals surface area contributed by atoms with Crippen molar-refractivity contribution in [1.82, 2.24) is 20.1 Å². The summed E-state index contributed by atoms with van der Waals surface area (Å²) in [6.45, 7) is 11.2. The Morgan fingerprint density at radius 3 is 2.62 bits per heavy atom. The Morgan fingerprint density at radius 1 is 1.15 bits per heavy atom. The molecule has 0 radical (unpaired) electrons. The van der Waals surface area contributed by atoms with Crippen LogP contribution < -0.4 is 10.2 Å². The summed E-state index contributed by atoms with van der Waals surface area (Å²) in [7, 11) is 0. The van der Waals surface area contributed by atoms with E-state index in [2.05, 4.69) is 46.1 Å². The van der Waals surface area contributed by atoms with Crippen molar-refractivity contribution in [3.63, 3.8) is 0 Å². The summed E-state index contributed by atoms with van der Waals surface area (Å²) in [5.41, 5.74) is 1.05. The second kappa shape index (κ2) is 9.21. The van der Waals surface area contributed by atoms with Gasteiger partial charge in [0.05, 0.1) is 0 Å². The number of hydrogen-bond donors (Lipinski definition) is 1. The third-order valence-electron chi connectivity index (χ3n) is 5.76. The van der Waals surface area contributed by atoms with Crippen molar-refractivity contribution in [2.24, 2.45) is 0 Å². The summed E-state index contributed by atoms with van der Waals surface area (Å²) >= 11 is 0. The molecule has 2 amide bonds. The van der Waals surface area contributed by atoms with Crippen LogP contribution in [0.5, 0.6) is 0 Å². The van der Waals surface area contributed by atoms with Gasteiger partial charge in [0.2, 0.25) is 0 Å². The fourth-order valence-electron chi connectivity index (χ4n) is 3.97. The molecule has 6 heteroatoms. The Kier molecular flexibility index (Phi) is 6.72. The van der Waals surface area contributed by atoms with E-state index in [-0.39, 0.29) is 6.03 Å². The minimum atomic E-state index is 0.0660. The first-order valence-electron chi connectivity index (χ1n) is 10.2. The molecule has 1 aromatic heterocycles. The zero-order valence-corrected chi connectivity index (χ0v) is 16.3. The van der Waals surface area contributed by atoms with Crippen molar-refractivity contribution in [3.05, 3.63) is 23.9 Å². The summed E-state index contributed by atoms with van der Waals surface area (Å²) in [5.74, 6) is 1.04. The Hall–Kier alpha value is -1.82. The average molecular weight is 360 g/mol. The van der Waals surface area contributed by atoms with Gasteiger partial charge in [-0.1, -0.05) is 19.9 Å². The molecule has 144 valence electrons. The second-order valence-electron chi connectivity index (χ2n) is 7.36. The standard InChI is InChI=1S/C20H33N5O/c1-3-18-7-5-6-10-25(18)20(26)22-16-17-8-9-19(21-15-17)24-13-11-23(4-2)12-14-24/h8-9,15,18H,3-7,10-14,16H2,1-2H3,(H,22,26). The van der Waals surface area contributed by atoms with Crippen LogP contribution in [0.2, 0.25) is 0 Å². The molecular weight excluding hydrogens is 326 g/mol. The summed E-state index contributed by atoms with van der Waals surface area (Å²) in [5, 5.41) is 3.07. The van der Waals surface area contributed by atoms with E-state index in [1.165, 1.54) is 6.42 Å². The molecule has 3 heterocycles. The van der Waals surface area contributed by atoms with Gasteiger partial charge in [-0.15, -0.1) is 0 Å². The number of piperidine rings is 1. The number of aromatic nitrogens is 1. The number of pyridine rings is 1. The maximum atomic E-state index is 12.5. The van der Waals surface area contributed by atoms with Crippen molar-refractivity contribution in [1.29, 1.82) is 0 Å². The maximum Gasteiger partial charge on any atom is 0.317 e. The van der Waals surface area contributed by atoms with Crippen LogP contribution in [0.1, 0.15) is 45.1 Å². The number of nitrogens with zero attached hydrogens (tertiary/aromatic N) is 4. The van der Waals surface area contributed by atoms with E-state index in [9.17, 15) is 4.79 Å². The SMILES string of the molecule is CCC1CCCCN1C(=O)NCc1ccc(N2CCN(CC)CC2)nc1. The van der Waals surface area contributed by atoms with Crippen LogP contribution in [0.3, 0.4) is 0 Å². The summed E-state index contributed by atoms with van der Waals surface area (Å²) < 4.78 is 0. The molecule has 1 aromatic rings. The number of urea groups is 1. The molecule has 1 unspecified atom stereocenters. The molecule has 0 saturated carbocycles. The first-order valence-corrected chi connectivity index (χ1v) is 10.2. The number of anilines is 1. The second-order valence-corrected chi connectivity index (χ2v) is 7.36. The van der Waals surface area contributed by atoms with Crippen molar-refractivity contribution >= 4 is 11.8 Å². The Labute approximate surface area is 157 Å². The number of rotatable bonds is 5. The van der Waals surface area contributed by atoms with Gasteiger partial charge in [0.15, 0.2) is 0 Å².